The number of carbonyl (C=O) groups is 2. The van der Waals surface area contributed by atoms with Crippen LogP contribution in [0.2, 0.25) is 0 Å². The number of hydrogen-bond donors (Lipinski definition) is 3. The molecule has 0 aliphatic carbocycles. The molecule has 2 amide bonds. The van der Waals surface area contributed by atoms with Crippen molar-refractivity contribution in [3.05, 3.63) is 64.6 Å². The number of nitrogens with zero attached hydrogens (tertiary/aromatic N) is 5. The summed E-state index contributed by atoms with van der Waals surface area (Å²) in [5, 5.41) is 18.6. The Labute approximate surface area is 194 Å². The molecule has 1 atom stereocenters. The Kier molecular flexibility index (Phi) is 6.36. The summed E-state index contributed by atoms with van der Waals surface area (Å²) in [4.78, 5) is 25.3. The highest BCUT2D eigenvalue weighted by atomic mass is 32.2. The second kappa shape index (κ2) is 9.36. The molecule has 1 aliphatic heterocycles. The number of urea groups is 1. The van der Waals surface area contributed by atoms with Crippen molar-refractivity contribution < 1.29 is 14.3 Å². The van der Waals surface area contributed by atoms with Crippen LogP contribution in [0.15, 0.2) is 52.8 Å². The summed E-state index contributed by atoms with van der Waals surface area (Å²) in [6.07, 6.45) is 0. The number of aryl methyl sites for hydroxylation is 2. The molecule has 3 aromatic rings. The van der Waals surface area contributed by atoms with E-state index in [1.807, 2.05) is 50.2 Å². The second-order valence-electron chi connectivity index (χ2n) is 7.34. The molecule has 1 aliphatic rings. The van der Waals surface area contributed by atoms with Crippen molar-refractivity contribution in [3.63, 3.8) is 0 Å². The van der Waals surface area contributed by atoms with E-state index in [9.17, 15) is 9.59 Å². The quantitative estimate of drug-likeness (QED) is 0.270. The fourth-order valence-electron chi connectivity index (χ4n) is 3.56. The minimum absolute atomic E-state index is 0.210. The molecule has 0 spiro atoms. The molecule has 1 unspecified atom stereocenters. The largest absolute Gasteiger partial charge is 0.463 e. The van der Waals surface area contributed by atoms with Crippen LogP contribution in [-0.2, 0) is 9.53 Å². The molecule has 12 heteroatoms. The number of nitrogens with two attached hydrogens (primary N) is 1. The smallest absolute Gasteiger partial charge is 0.338 e. The number of esters is 1. The monoisotopic (exact) mass is 468 g/mol. The van der Waals surface area contributed by atoms with Gasteiger partial charge in [0.05, 0.1) is 23.9 Å². The number of nitrogen functional groups attached to an aromatic ring is 1. The number of amides is 2. The van der Waals surface area contributed by atoms with Gasteiger partial charge in [-0.2, -0.15) is 5.10 Å². The lowest BCUT2D eigenvalue weighted by molar-refractivity contribution is -0.139. The standard InChI is InChI=1S/C21H24N8O3S/c1-4-32-18(30)16-15(23-19(31)24-17(16)14-8-6-5-7-9-14)11-33-21-26-25-20(28(21)22)29-13(3)10-12(2)27-29/h5-10,17H,4,11,22H2,1-3H3,(H2,23,24,31). The Bertz CT molecular complexity index is 1220. The lowest BCUT2D eigenvalue weighted by Gasteiger charge is -2.29. The van der Waals surface area contributed by atoms with Crippen molar-refractivity contribution in [1.29, 1.82) is 0 Å². The van der Waals surface area contributed by atoms with Gasteiger partial charge in [0.2, 0.25) is 5.16 Å². The van der Waals surface area contributed by atoms with E-state index in [2.05, 4.69) is 25.9 Å². The Morgan fingerprint density at radius 3 is 2.67 bits per heavy atom. The van der Waals surface area contributed by atoms with Crippen molar-refractivity contribution in [2.45, 2.75) is 32.0 Å². The van der Waals surface area contributed by atoms with Crippen molar-refractivity contribution in [2.24, 2.45) is 0 Å². The summed E-state index contributed by atoms with van der Waals surface area (Å²) in [5.74, 6) is 6.29. The molecule has 3 heterocycles. The van der Waals surface area contributed by atoms with E-state index in [-0.39, 0.29) is 12.4 Å². The van der Waals surface area contributed by atoms with E-state index in [0.29, 0.717) is 22.4 Å². The molecule has 1 aromatic carbocycles. The molecule has 0 radical (unpaired) electrons. The SMILES string of the molecule is CCOC(=O)C1=C(CSc2nnc(-n3nc(C)cc3C)n2N)NC(=O)NC1c1ccccc1. The van der Waals surface area contributed by atoms with Crippen LogP contribution in [0, 0.1) is 13.8 Å². The zero-order chi connectivity index (χ0) is 23.5. The first kappa shape index (κ1) is 22.4. The topological polar surface area (TPSA) is 142 Å². The number of hydrogen-bond acceptors (Lipinski definition) is 8. The van der Waals surface area contributed by atoms with Gasteiger partial charge in [0, 0.05) is 17.1 Å². The molecular weight excluding hydrogens is 444 g/mol. The average molecular weight is 469 g/mol. The van der Waals surface area contributed by atoms with Gasteiger partial charge in [-0.1, -0.05) is 42.1 Å². The Morgan fingerprint density at radius 1 is 1.24 bits per heavy atom. The molecule has 4 N–H and O–H groups in total. The third-order valence-electron chi connectivity index (χ3n) is 4.97. The fraction of sp³-hybridized carbons (Fsp3) is 0.286. The zero-order valence-electron chi connectivity index (χ0n) is 18.4. The Balaban J connectivity index is 1.65. The van der Waals surface area contributed by atoms with E-state index >= 15 is 0 Å². The number of aromatic nitrogens is 5. The second-order valence-corrected chi connectivity index (χ2v) is 8.28. The summed E-state index contributed by atoms with van der Waals surface area (Å²) in [6, 6.07) is 10.1. The maximum atomic E-state index is 12.9. The van der Waals surface area contributed by atoms with E-state index in [1.54, 1.807) is 11.6 Å². The van der Waals surface area contributed by atoms with Crippen molar-refractivity contribution in [1.82, 2.24) is 35.3 Å². The molecule has 33 heavy (non-hydrogen) atoms. The highest BCUT2D eigenvalue weighted by Gasteiger charge is 2.33. The van der Waals surface area contributed by atoms with Crippen LogP contribution >= 0.6 is 11.8 Å². The molecule has 172 valence electrons. The van der Waals surface area contributed by atoms with Crippen LogP contribution in [0.25, 0.3) is 5.95 Å². The van der Waals surface area contributed by atoms with Crippen LogP contribution in [-0.4, -0.2) is 49.0 Å². The minimum Gasteiger partial charge on any atom is -0.463 e. The van der Waals surface area contributed by atoms with Gasteiger partial charge in [0.15, 0.2) is 0 Å². The van der Waals surface area contributed by atoms with Gasteiger partial charge in [0.1, 0.15) is 0 Å². The lowest BCUT2D eigenvalue weighted by Crippen LogP contribution is -2.46. The summed E-state index contributed by atoms with van der Waals surface area (Å²) in [5.41, 5.74) is 3.22. The Hall–Kier alpha value is -3.80. The molecule has 2 aromatic heterocycles. The average Bonchev–Trinajstić information content (AvgIpc) is 3.32. The van der Waals surface area contributed by atoms with Crippen molar-refractivity contribution >= 4 is 23.8 Å². The van der Waals surface area contributed by atoms with E-state index < -0.39 is 18.0 Å². The van der Waals surface area contributed by atoms with Crippen LogP contribution in [0.5, 0.6) is 0 Å². The highest BCUT2D eigenvalue weighted by Crippen LogP contribution is 2.30. The summed E-state index contributed by atoms with van der Waals surface area (Å²) in [6.45, 7) is 5.72. The van der Waals surface area contributed by atoms with E-state index in [1.165, 1.54) is 16.4 Å². The lowest BCUT2D eigenvalue weighted by atomic mass is 9.95. The first-order chi connectivity index (χ1) is 15.9. The maximum absolute atomic E-state index is 12.9. The fourth-order valence-corrected chi connectivity index (χ4v) is 4.38. The van der Waals surface area contributed by atoms with Crippen molar-refractivity contribution in [2.75, 3.05) is 18.2 Å². The van der Waals surface area contributed by atoms with Gasteiger partial charge in [-0.15, -0.1) is 10.2 Å². The zero-order valence-corrected chi connectivity index (χ0v) is 19.2. The molecule has 0 fully saturated rings. The third kappa shape index (κ3) is 4.55. The van der Waals surface area contributed by atoms with Crippen LogP contribution < -0.4 is 16.5 Å². The normalized spacial score (nSPS) is 15.8. The predicted octanol–water partition coefficient (Wildman–Crippen LogP) is 1.76. The van der Waals surface area contributed by atoms with E-state index in [4.69, 9.17) is 10.6 Å². The number of nitrogens with one attached hydrogen (secondary N) is 2. The highest BCUT2D eigenvalue weighted by molar-refractivity contribution is 7.99. The summed E-state index contributed by atoms with van der Waals surface area (Å²) in [7, 11) is 0. The summed E-state index contributed by atoms with van der Waals surface area (Å²) >= 11 is 1.24. The van der Waals surface area contributed by atoms with Gasteiger partial charge in [-0.25, -0.2) is 18.9 Å². The number of thioether (sulfide) groups is 1. The van der Waals surface area contributed by atoms with Crippen molar-refractivity contribution in [3.8, 4) is 5.95 Å². The molecule has 4 rings (SSSR count). The first-order valence-corrected chi connectivity index (χ1v) is 11.3. The number of ether oxygens (including phenoxy) is 1. The van der Waals surface area contributed by atoms with Crippen LogP contribution in [0.3, 0.4) is 0 Å². The Morgan fingerprint density at radius 2 is 2.00 bits per heavy atom. The molecule has 0 bridgehead atoms. The third-order valence-corrected chi connectivity index (χ3v) is 5.94. The van der Waals surface area contributed by atoms with E-state index in [0.717, 1.165) is 17.0 Å². The summed E-state index contributed by atoms with van der Waals surface area (Å²) < 4.78 is 8.22. The van der Waals surface area contributed by atoms with Gasteiger partial charge in [-0.3, -0.25) is 0 Å². The minimum atomic E-state index is -0.643. The first-order valence-electron chi connectivity index (χ1n) is 10.3. The molecule has 0 saturated heterocycles. The van der Waals surface area contributed by atoms with Gasteiger partial charge in [0.25, 0.3) is 5.95 Å². The van der Waals surface area contributed by atoms with Crippen LogP contribution in [0.1, 0.15) is 29.9 Å². The molecule has 11 nitrogen and oxygen atoms in total. The maximum Gasteiger partial charge on any atom is 0.338 e. The van der Waals surface area contributed by atoms with Gasteiger partial charge >= 0.3 is 12.0 Å². The molecular formula is C21H24N8O3S. The van der Waals surface area contributed by atoms with Gasteiger partial charge < -0.3 is 21.2 Å². The number of rotatable bonds is 7. The number of benzene rings is 1. The van der Waals surface area contributed by atoms with Gasteiger partial charge in [-0.05, 0) is 32.4 Å². The number of carbonyl (C=O) groups excluding carboxylic acids is 2. The predicted molar refractivity (Wildman–Crippen MR) is 122 cm³/mol. The van der Waals surface area contributed by atoms with Crippen LogP contribution in [0.4, 0.5) is 4.79 Å². The molecule has 0 saturated carbocycles.